The van der Waals surface area contributed by atoms with Crippen LogP contribution in [0.1, 0.15) is 26.7 Å². The molecule has 0 radical (unpaired) electrons. The number of rotatable bonds is 4. The highest BCUT2D eigenvalue weighted by Gasteiger charge is 2.39. The van der Waals surface area contributed by atoms with Crippen LogP contribution in [0.4, 0.5) is 15.8 Å². The number of pyridine rings is 1. The lowest BCUT2D eigenvalue weighted by atomic mass is 9.70. The fourth-order valence-electron chi connectivity index (χ4n) is 4.17. The Labute approximate surface area is 181 Å². The summed E-state index contributed by atoms with van der Waals surface area (Å²) < 4.78 is 13.8. The molecule has 6 heteroatoms. The van der Waals surface area contributed by atoms with Crippen LogP contribution in [0.5, 0.6) is 0 Å². The van der Waals surface area contributed by atoms with Gasteiger partial charge in [0.15, 0.2) is 0 Å². The summed E-state index contributed by atoms with van der Waals surface area (Å²) in [6.45, 7) is 5.80. The average Bonchev–Trinajstić information content (AvgIpc) is 2.75. The number of aromatic nitrogens is 1. The first-order valence-corrected chi connectivity index (χ1v) is 10.6. The van der Waals surface area contributed by atoms with Crippen molar-refractivity contribution >= 4 is 39.8 Å². The molecule has 3 aromatic rings. The number of anilines is 2. The quantitative estimate of drug-likeness (QED) is 0.565. The molecule has 0 spiro atoms. The lowest BCUT2D eigenvalue weighted by molar-refractivity contribution is -0.123. The Hall–Kier alpha value is -2.66. The van der Waals surface area contributed by atoms with Crippen molar-refractivity contribution in [1.82, 2.24) is 4.98 Å². The van der Waals surface area contributed by atoms with E-state index in [1.54, 1.807) is 30.5 Å². The predicted octanol–water partition coefficient (Wildman–Crippen LogP) is 5.91. The summed E-state index contributed by atoms with van der Waals surface area (Å²) in [7, 11) is 0. The molecule has 1 unspecified atom stereocenters. The van der Waals surface area contributed by atoms with Crippen molar-refractivity contribution in [1.29, 1.82) is 0 Å². The van der Waals surface area contributed by atoms with Crippen molar-refractivity contribution in [3.63, 3.8) is 0 Å². The smallest absolute Gasteiger partial charge is 0.227 e. The molecule has 0 saturated carbocycles. The lowest BCUT2D eigenvalue weighted by Crippen LogP contribution is -2.45. The van der Waals surface area contributed by atoms with Crippen LogP contribution in [0.2, 0.25) is 5.02 Å². The zero-order valence-electron chi connectivity index (χ0n) is 17.2. The molecule has 1 saturated heterocycles. The summed E-state index contributed by atoms with van der Waals surface area (Å²) in [5.74, 6) is -0.377. The van der Waals surface area contributed by atoms with E-state index in [2.05, 4.69) is 22.1 Å². The number of benzene rings is 2. The molecular weight excluding hydrogens is 401 g/mol. The molecule has 30 heavy (non-hydrogen) atoms. The van der Waals surface area contributed by atoms with Crippen molar-refractivity contribution < 1.29 is 9.18 Å². The van der Waals surface area contributed by atoms with Crippen LogP contribution in [-0.2, 0) is 4.79 Å². The van der Waals surface area contributed by atoms with Gasteiger partial charge in [0.05, 0.1) is 5.52 Å². The molecule has 2 aromatic carbocycles. The van der Waals surface area contributed by atoms with Gasteiger partial charge >= 0.3 is 0 Å². The van der Waals surface area contributed by atoms with Crippen LogP contribution >= 0.6 is 11.6 Å². The van der Waals surface area contributed by atoms with Crippen molar-refractivity contribution in [2.24, 2.45) is 11.3 Å². The van der Waals surface area contributed by atoms with Crippen LogP contribution in [0.25, 0.3) is 10.9 Å². The van der Waals surface area contributed by atoms with E-state index in [9.17, 15) is 9.18 Å². The number of hydrogen-bond donors (Lipinski definition) is 1. The van der Waals surface area contributed by atoms with E-state index in [1.165, 1.54) is 6.07 Å². The van der Waals surface area contributed by atoms with Crippen LogP contribution in [0.15, 0.2) is 54.7 Å². The Morgan fingerprint density at radius 3 is 2.57 bits per heavy atom. The number of nitrogens with zero attached hydrogens (tertiary/aromatic N) is 2. The standard InChI is InChI=1S/C24H25ClFN3O/c1-16(23(30)28-19-6-3-17(25)4-7-19)24(2)10-13-29(14-11-24)22-9-12-27-21-8-5-18(26)15-20(21)22/h3-9,12,15-16H,10-11,13-14H2,1-2H3,(H,28,30). The van der Waals surface area contributed by atoms with Crippen molar-refractivity contribution in [2.45, 2.75) is 26.7 Å². The second kappa shape index (κ2) is 8.23. The molecule has 1 fully saturated rings. The fraction of sp³-hybridized carbons (Fsp3) is 0.333. The monoisotopic (exact) mass is 425 g/mol. The first-order valence-electron chi connectivity index (χ1n) is 10.2. The summed E-state index contributed by atoms with van der Waals surface area (Å²) in [6, 6.07) is 13.8. The third kappa shape index (κ3) is 4.12. The SMILES string of the molecule is CC(C(=O)Nc1ccc(Cl)cc1)C1(C)CCN(c2ccnc3ccc(F)cc23)CC1. The second-order valence-corrected chi connectivity index (χ2v) is 8.79. The van der Waals surface area contributed by atoms with Gasteiger partial charge in [-0.3, -0.25) is 9.78 Å². The number of nitrogens with one attached hydrogen (secondary N) is 1. The van der Waals surface area contributed by atoms with E-state index in [-0.39, 0.29) is 23.1 Å². The van der Waals surface area contributed by atoms with Gasteiger partial charge in [0.25, 0.3) is 0 Å². The minimum atomic E-state index is -0.258. The largest absolute Gasteiger partial charge is 0.371 e. The molecule has 4 rings (SSSR count). The van der Waals surface area contributed by atoms with E-state index in [0.717, 1.165) is 48.2 Å². The number of halogens is 2. The van der Waals surface area contributed by atoms with Gasteiger partial charge in [-0.15, -0.1) is 0 Å². The normalized spacial score (nSPS) is 17.0. The van der Waals surface area contributed by atoms with E-state index >= 15 is 0 Å². The molecule has 1 aliphatic rings. The molecule has 156 valence electrons. The Morgan fingerprint density at radius 1 is 1.17 bits per heavy atom. The van der Waals surface area contributed by atoms with Crippen LogP contribution in [0, 0.1) is 17.2 Å². The molecule has 1 amide bonds. The number of piperidine rings is 1. The van der Waals surface area contributed by atoms with Gasteiger partial charge in [-0.25, -0.2) is 4.39 Å². The van der Waals surface area contributed by atoms with Crippen LogP contribution in [0.3, 0.4) is 0 Å². The molecule has 0 bridgehead atoms. The number of amides is 1. The summed E-state index contributed by atoms with van der Waals surface area (Å²) >= 11 is 5.92. The Balaban J connectivity index is 1.46. The summed E-state index contributed by atoms with van der Waals surface area (Å²) in [6.07, 6.45) is 3.52. The van der Waals surface area contributed by atoms with E-state index in [1.807, 2.05) is 25.1 Å². The molecule has 1 aromatic heterocycles. The Bertz CT molecular complexity index is 1060. The summed E-state index contributed by atoms with van der Waals surface area (Å²) in [5, 5.41) is 4.47. The number of fused-ring (bicyclic) bond motifs is 1. The van der Waals surface area contributed by atoms with E-state index < -0.39 is 0 Å². The maximum Gasteiger partial charge on any atom is 0.227 e. The molecule has 1 atom stereocenters. The topological polar surface area (TPSA) is 45.2 Å². The van der Waals surface area contributed by atoms with Crippen molar-refractivity contribution in [3.8, 4) is 0 Å². The third-order valence-corrected chi connectivity index (χ3v) is 6.73. The first kappa shape index (κ1) is 20.6. The minimum Gasteiger partial charge on any atom is -0.371 e. The maximum atomic E-state index is 13.8. The Morgan fingerprint density at radius 2 is 1.87 bits per heavy atom. The zero-order valence-corrected chi connectivity index (χ0v) is 17.9. The van der Waals surface area contributed by atoms with Gasteiger partial charge in [-0.1, -0.05) is 25.4 Å². The maximum absolute atomic E-state index is 13.8. The Kier molecular flexibility index (Phi) is 5.65. The minimum absolute atomic E-state index is 0.0182. The fourth-order valence-corrected chi connectivity index (χ4v) is 4.30. The molecule has 1 aliphatic heterocycles. The highest BCUT2D eigenvalue weighted by Crippen LogP contribution is 2.41. The lowest BCUT2D eigenvalue weighted by Gasteiger charge is -2.43. The number of carbonyl (C=O) groups excluding carboxylic acids is 1. The highest BCUT2D eigenvalue weighted by molar-refractivity contribution is 6.30. The molecule has 2 heterocycles. The molecule has 4 nitrogen and oxygen atoms in total. The number of hydrogen-bond acceptors (Lipinski definition) is 3. The van der Waals surface area contributed by atoms with Gasteiger partial charge in [0.1, 0.15) is 5.82 Å². The third-order valence-electron chi connectivity index (χ3n) is 6.48. The van der Waals surface area contributed by atoms with Crippen molar-refractivity contribution in [2.75, 3.05) is 23.3 Å². The van der Waals surface area contributed by atoms with Gasteiger partial charge in [-0.05, 0) is 66.8 Å². The van der Waals surface area contributed by atoms with Gasteiger partial charge in [0.2, 0.25) is 5.91 Å². The van der Waals surface area contributed by atoms with Crippen molar-refractivity contribution in [3.05, 3.63) is 65.6 Å². The molecular formula is C24H25ClFN3O. The van der Waals surface area contributed by atoms with E-state index in [4.69, 9.17) is 11.6 Å². The number of carbonyl (C=O) groups is 1. The van der Waals surface area contributed by atoms with Crippen LogP contribution in [-0.4, -0.2) is 24.0 Å². The van der Waals surface area contributed by atoms with Gasteiger partial charge in [-0.2, -0.15) is 0 Å². The molecule has 0 aliphatic carbocycles. The highest BCUT2D eigenvalue weighted by atomic mass is 35.5. The second-order valence-electron chi connectivity index (χ2n) is 8.35. The molecule has 1 N–H and O–H groups in total. The first-order chi connectivity index (χ1) is 14.4. The average molecular weight is 426 g/mol. The van der Waals surface area contributed by atoms with Crippen LogP contribution < -0.4 is 10.2 Å². The summed E-state index contributed by atoms with van der Waals surface area (Å²) in [4.78, 5) is 19.5. The van der Waals surface area contributed by atoms with Gasteiger partial charge < -0.3 is 10.2 Å². The van der Waals surface area contributed by atoms with Gasteiger partial charge in [0, 0.05) is 47.0 Å². The summed E-state index contributed by atoms with van der Waals surface area (Å²) in [5.41, 5.74) is 2.43. The van der Waals surface area contributed by atoms with E-state index in [0.29, 0.717) is 5.02 Å². The predicted molar refractivity (Wildman–Crippen MR) is 121 cm³/mol. The zero-order chi connectivity index (χ0) is 21.3.